The summed E-state index contributed by atoms with van der Waals surface area (Å²) in [5.41, 5.74) is 2.05. The molecule has 2 aromatic rings. The van der Waals surface area contributed by atoms with Crippen molar-refractivity contribution in [2.24, 2.45) is 5.41 Å². The maximum Gasteiger partial charge on any atom is 0.0346 e. The van der Waals surface area contributed by atoms with Gasteiger partial charge < -0.3 is 0 Å². The van der Waals surface area contributed by atoms with Crippen LogP contribution in [0.4, 0.5) is 0 Å². The van der Waals surface area contributed by atoms with Crippen LogP contribution < -0.4 is 0 Å². The van der Waals surface area contributed by atoms with Gasteiger partial charge >= 0.3 is 0 Å². The van der Waals surface area contributed by atoms with Gasteiger partial charge in [-0.15, -0.1) is 11.3 Å². The lowest BCUT2D eigenvalue weighted by Gasteiger charge is -2.40. The van der Waals surface area contributed by atoms with Crippen molar-refractivity contribution >= 4 is 21.4 Å². The Kier molecular flexibility index (Phi) is 3.64. The first kappa shape index (κ1) is 13.1. The summed E-state index contributed by atoms with van der Waals surface area (Å²) in [7, 11) is 0. The monoisotopic (exact) mass is 273 g/mol. The molecule has 0 saturated carbocycles. The van der Waals surface area contributed by atoms with E-state index in [1.54, 1.807) is 0 Å². The van der Waals surface area contributed by atoms with Crippen LogP contribution in [0.1, 0.15) is 38.7 Å². The molecule has 1 aromatic heterocycles. The summed E-state index contributed by atoms with van der Waals surface area (Å²) < 4.78 is 1.42. The molecule has 1 saturated heterocycles. The highest BCUT2D eigenvalue weighted by Gasteiger charge is 2.29. The van der Waals surface area contributed by atoms with Crippen molar-refractivity contribution in [1.29, 1.82) is 0 Å². The van der Waals surface area contributed by atoms with E-state index in [9.17, 15) is 0 Å². The molecule has 102 valence electrons. The third-order valence-electron chi connectivity index (χ3n) is 4.67. The highest BCUT2D eigenvalue weighted by molar-refractivity contribution is 7.17. The Morgan fingerprint density at radius 1 is 1.32 bits per heavy atom. The number of hydrogen-bond donors (Lipinski definition) is 0. The summed E-state index contributed by atoms with van der Waals surface area (Å²) in [6.07, 6.45) is 4.05. The molecule has 19 heavy (non-hydrogen) atoms. The third kappa shape index (κ3) is 2.70. The molecule has 1 unspecified atom stereocenters. The zero-order chi connectivity index (χ0) is 13.3. The van der Waals surface area contributed by atoms with Crippen LogP contribution in [0.25, 0.3) is 10.1 Å². The fraction of sp³-hybridized carbons (Fsp3) is 0.529. The third-order valence-corrected chi connectivity index (χ3v) is 5.68. The van der Waals surface area contributed by atoms with E-state index in [-0.39, 0.29) is 0 Å². The van der Waals surface area contributed by atoms with E-state index < -0.39 is 0 Å². The minimum atomic E-state index is 0.532. The number of hydrogen-bond acceptors (Lipinski definition) is 2. The standard InChI is InChI=1S/C17H23NS/c1-3-17(2)9-6-10-18(13-17)11-14-12-19-16-8-5-4-7-15(14)16/h4-5,7-8,12H,3,6,9-11,13H2,1-2H3. The van der Waals surface area contributed by atoms with Crippen molar-refractivity contribution in [3.63, 3.8) is 0 Å². The number of rotatable bonds is 3. The van der Waals surface area contributed by atoms with Crippen LogP contribution in [-0.4, -0.2) is 18.0 Å². The first-order valence-electron chi connectivity index (χ1n) is 7.38. The van der Waals surface area contributed by atoms with Crippen LogP contribution >= 0.6 is 11.3 Å². The molecule has 2 heteroatoms. The second-order valence-corrected chi connectivity index (χ2v) is 7.15. The number of piperidine rings is 1. The van der Waals surface area contributed by atoms with Gasteiger partial charge in [0.25, 0.3) is 0 Å². The minimum absolute atomic E-state index is 0.532. The Balaban J connectivity index is 1.78. The summed E-state index contributed by atoms with van der Waals surface area (Å²) in [4.78, 5) is 2.65. The Morgan fingerprint density at radius 2 is 2.16 bits per heavy atom. The molecule has 1 aromatic carbocycles. The molecular formula is C17H23NS. The molecular weight excluding hydrogens is 250 g/mol. The van der Waals surface area contributed by atoms with Gasteiger partial charge in [-0.3, -0.25) is 4.90 Å². The largest absolute Gasteiger partial charge is 0.298 e. The van der Waals surface area contributed by atoms with Crippen molar-refractivity contribution in [2.45, 2.75) is 39.7 Å². The van der Waals surface area contributed by atoms with E-state index >= 15 is 0 Å². The zero-order valence-corrected chi connectivity index (χ0v) is 12.8. The fourth-order valence-electron chi connectivity index (χ4n) is 3.25. The smallest absolute Gasteiger partial charge is 0.0346 e. The van der Waals surface area contributed by atoms with Gasteiger partial charge in [-0.1, -0.05) is 32.0 Å². The Hall–Kier alpha value is -0.860. The predicted molar refractivity (Wildman–Crippen MR) is 84.7 cm³/mol. The van der Waals surface area contributed by atoms with Gasteiger partial charge in [-0.05, 0) is 53.6 Å². The van der Waals surface area contributed by atoms with Gasteiger partial charge in [0, 0.05) is 17.8 Å². The zero-order valence-electron chi connectivity index (χ0n) is 12.0. The molecule has 0 bridgehead atoms. The first-order chi connectivity index (χ1) is 9.20. The highest BCUT2D eigenvalue weighted by atomic mass is 32.1. The van der Waals surface area contributed by atoms with E-state index in [2.05, 4.69) is 48.4 Å². The molecule has 0 aliphatic carbocycles. The Bertz CT molecular complexity index is 559. The number of fused-ring (bicyclic) bond motifs is 1. The Morgan fingerprint density at radius 3 is 3.00 bits per heavy atom. The molecule has 1 aliphatic heterocycles. The number of thiophene rings is 1. The molecule has 0 spiro atoms. The average Bonchev–Trinajstić information content (AvgIpc) is 2.83. The molecule has 0 radical (unpaired) electrons. The Labute approximate surface area is 120 Å². The molecule has 1 nitrogen and oxygen atoms in total. The van der Waals surface area contributed by atoms with Crippen LogP contribution in [0.3, 0.4) is 0 Å². The van der Waals surface area contributed by atoms with Gasteiger partial charge in [-0.25, -0.2) is 0 Å². The highest BCUT2D eigenvalue weighted by Crippen LogP contribution is 2.34. The molecule has 1 fully saturated rings. The van der Waals surface area contributed by atoms with Gasteiger partial charge in [0.05, 0.1) is 0 Å². The van der Waals surface area contributed by atoms with Crippen molar-refractivity contribution in [3.05, 3.63) is 35.2 Å². The molecule has 2 heterocycles. The molecule has 0 amide bonds. The van der Waals surface area contributed by atoms with Crippen LogP contribution in [0.5, 0.6) is 0 Å². The van der Waals surface area contributed by atoms with E-state index in [1.807, 2.05) is 11.3 Å². The SMILES string of the molecule is CCC1(C)CCCN(Cc2csc3ccccc23)C1. The lowest BCUT2D eigenvalue weighted by molar-refractivity contribution is 0.0941. The number of benzene rings is 1. The van der Waals surface area contributed by atoms with Crippen LogP contribution in [-0.2, 0) is 6.54 Å². The lowest BCUT2D eigenvalue weighted by Crippen LogP contribution is -2.40. The second-order valence-electron chi connectivity index (χ2n) is 6.24. The fourth-order valence-corrected chi connectivity index (χ4v) is 4.20. The molecule has 1 atom stereocenters. The van der Waals surface area contributed by atoms with Gasteiger partial charge in [0.15, 0.2) is 0 Å². The summed E-state index contributed by atoms with van der Waals surface area (Å²) in [6.45, 7) is 8.43. The maximum absolute atomic E-state index is 2.65. The topological polar surface area (TPSA) is 3.24 Å². The van der Waals surface area contributed by atoms with Crippen molar-refractivity contribution in [1.82, 2.24) is 4.90 Å². The second kappa shape index (κ2) is 5.26. The van der Waals surface area contributed by atoms with Crippen molar-refractivity contribution in [2.75, 3.05) is 13.1 Å². The van der Waals surface area contributed by atoms with E-state index in [1.165, 1.54) is 48.0 Å². The normalized spacial score (nSPS) is 24.9. The summed E-state index contributed by atoms with van der Waals surface area (Å²) in [5.74, 6) is 0. The number of nitrogens with zero attached hydrogens (tertiary/aromatic N) is 1. The first-order valence-corrected chi connectivity index (χ1v) is 8.26. The van der Waals surface area contributed by atoms with Crippen molar-refractivity contribution in [3.8, 4) is 0 Å². The van der Waals surface area contributed by atoms with Crippen molar-refractivity contribution < 1.29 is 0 Å². The molecule has 1 aliphatic rings. The molecule has 0 N–H and O–H groups in total. The van der Waals surface area contributed by atoms with Crippen LogP contribution in [0, 0.1) is 5.41 Å². The van der Waals surface area contributed by atoms with E-state index in [0.29, 0.717) is 5.41 Å². The summed E-state index contributed by atoms with van der Waals surface area (Å²) >= 11 is 1.88. The predicted octanol–water partition coefficient (Wildman–Crippen LogP) is 4.91. The van der Waals surface area contributed by atoms with E-state index in [0.717, 1.165) is 6.54 Å². The quantitative estimate of drug-likeness (QED) is 0.767. The van der Waals surface area contributed by atoms with Crippen LogP contribution in [0.15, 0.2) is 29.6 Å². The van der Waals surface area contributed by atoms with Gasteiger partial charge in [0.1, 0.15) is 0 Å². The maximum atomic E-state index is 2.65. The minimum Gasteiger partial charge on any atom is -0.298 e. The summed E-state index contributed by atoms with van der Waals surface area (Å²) in [6, 6.07) is 8.79. The summed E-state index contributed by atoms with van der Waals surface area (Å²) in [5, 5.41) is 3.80. The molecule has 3 rings (SSSR count). The average molecular weight is 273 g/mol. The van der Waals surface area contributed by atoms with E-state index in [4.69, 9.17) is 0 Å². The van der Waals surface area contributed by atoms with Crippen LogP contribution in [0.2, 0.25) is 0 Å². The van der Waals surface area contributed by atoms with Gasteiger partial charge in [0.2, 0.25) is 0 Å². The van der Waals surface area contributed by atoms with Gasteiger partial charge in [-0.2, -0.15) is 0 Å². The number of likely N-dealkylation sites (tertiary alicyclic amines) is 1. The lowest BCUT2D eigenvalue weighted by atomic mass is 9.79.